The van der Waals surface area contributed by atoms with E-state index in [1.807, 2.05) is 54.6 Å². The Bertz CT molecular complexity index is 868. The molecule has 0 spiro atoms. The molecule has 3 rings (SSSR count). The molecule has 1 amide bonds. The maximum atomic E-state index is 12.4. The van der Waals surface area contributed by atoms with Crippen LogP contribution in [-0.2, 0) is 13.1 Å². The summed E-state index contributed by atoms with van der Waals surface area (Å²) < 4.78 is 5.29. The summed E-state index contributed by atoms with van der Waals surface area (Å²) in [6.45, 7) is 0.986. The summed E-state index contributed by atoms with van der Waals surface area (Å²) in [7, 11) is 1.61. The van der Waals surface area contributed by atoms with E-state index in [1.54, 1.807) is 13.2 Å². The molecule has 0 aliphatic heterocycles. The van der Waals surface area contributed by atoms with Gasteiger partial charge >= 0.3 is 0 Å². The highest BCUT2D eigenvalue weighted by molar-refractivity contribution is 5.92. The molecule has 132 valence electrons. The molecule has 1 heterocycles. The van der Waals surface area contributed by atoms with E-state index in [2.05, 4.69) is 20.6 Å². The van der Waals surface area contributed by atoms with Gasteiger partial charge in [-0.05, 0) is 11.6 Å². The summed E-state index contributed by atoms with van der Waals surface area (Å²) in [4.78, 5) is 20.6. The smallest absolute Gasteiger partial charge is 0.270 e. The number of ether oxygens (including phenoxy) is 1. The van der Waals surface area contributed by atoms with E-state index >= 15 is 0 Å². The van der Waals surface area contributed by atoms with Gasteiger partial charge in [-0.15, -0.1) is 0 Å². The predicted octanol–water partition coefficient (Wildman–Crippen LogP) is 3.03. The Morgan fingerprint density at radius 1 is 1.00 bits per heavy atom. The molecular formula is C20H20N4O2. The number of hydrogen-bond acceptors (Lipinski definition) is 5. The molecule has 0 aliphatic rings. The monoisotopic (exact) mass is 348 g/mol. The van der Waals surface area contributed by atoms with E-state index < -0.39 is 0 Å². The minimum atomic E-state index is -0.263. The van der Waals surface area contributed by atoms with Crippen LogP contribution in [0.3, 0.4) is 0 Å². The molecule has 1 aromatic heterocycles. The Kier molecular flexibility index (Phi) is 5.77. The van der Waals surface area contributed by atoms with Crippen LogP contribution in [0, 0.1) is 0 Å². The zero-order chi connectivity index (χ0) is 18.2. The number of carbonyl (C=O) groups is 1. The lowest BCUT2D eigenvalue weighted by atomic mass is 10.2. The van der Waals surface area contributed by atoms with E-state index in [1.165, 1.54) is 6.33 Å². The quantitative estimate of drug-likeness (QED) is 0.686. The highest BCUT2D eigenvalue weighted by Gasteiger charge is 2.10. The average molecular weight is 348 g/mol. The standard InChI is InChI=1S/C20H20N4O2/c1-26-18-10-6-5-9-16(18)13-22-20(25)17-11-19(24-14-23-17)21-12-15-7-3-2-4-8-15/h2-11,14H,12-13H2,1H3,(H,22,25)(H,21,23,24). The number of rotatable bonds is 7. The lowest BCUT2D eigenvalue weighted by Gasteiger charge is -2.10. The summed E-state index contributed by atoms with van der Waals surface area (Å²) in [5, 5.41) is 6.05. The van der Waals surface area contributed by atoms with Crippen LogP contribution in [0.4, 0.5) is 5.82 Å². The van der Waals surface area contributed by atoms with Crippen molar-refractivity contribution >= 4 is 11.7 Å². The lowest BCUT2D eigenvalue weighted by molar-refractivity contribution is 0.0945. The number of carbonyl (C=O) groups excluding carboxylic acids is 1. The van der Waals surface area contributed by atoms with Crippen LogP contribution >= 0.6 is 0 Å². The molecule has 0 atom stereocenters. The van der Waals surface area contributed by atoms with E-state index in [0.29, 0.717) is 24.6 Å². The van der Waals surface area contributed by atoms with Crippen molar-refractivity contribution in [3.8, 4) is 5.75 Å². The summed E-state index contributed by atoms with van der Waals surface area (Å²) >= 11 is 0. The molecule has 0 bridgehead atoms. The summed E-state index contributed by atoms with van der Waals surface area (Å²) in [6.07, 6.45) is 1.38. The molecule has 3 aromatic rings. The molecule has 0 aliphatic carbocycles. The van der Waals surface area contributed by atoms with Gasteiger partial charge in [0.2, 0.25) is 0 Å². The number of amides is 1. The zero-order valence-corrected chi connectivity index (χ0v) is 14.5. The molecule has 2 N–H and O–H groups in total. The van der Waals surface area contributed by atoms with Gasteiger partial charge in [-0.25, -0.2) is 9.97 Å². The van der Waals surface area contributed by atoms with Crippen LogP contribution in [0.1, 0.15) is 21.6 Å². The van der Waals surface area contributed by atoms with Crippen LogP contribution in [-0.4, -0.2) is 23.0 Å². The third-order valence-corrected chi connectivity index (χ3v) is 3.85. The summed E-state index contributed by atoms with van der Waals surface area (Å²) in [6, 6.07) is 19.2. The van der Waals surface area contributed by atoms with Gasteiger partial charge < -0.3 is 15.4 Å². The maximum absolute atomic E-state index is 12.4. The Hall–Kier alpha value is -3.41. The number of methoxy groups -OCH3 is 1. The van der Waals surface area contributed by atoms with Crippen LogP contribution in [0.15, 0.2) is 67.0 Å². The number of nitrogens with one attached hydrogen (secondary N) is 2. The average Bonchev–Trinajstić information content (AvgIpc) is 2.71. The van der Waals surface area contributed by atoms with Crippen LogP contribution in [0.5, 0.6) is 5.75 Å². The van der Waals surface area contributed by atoms with Gasteiger partial charge in [0.15, 0.2) is 0 Å². The SMILES string of the molecule is COc1ccccc1CNC(=O)c1cc(NCc2ccccc2)ncn1. The minimum absolute atomic E-state index is 0.263. The maximum Gasteiger partial charge on any atom is 0.270 e. The van der Waals surface area contributed by atoms with Crippen molar-refractivity contribution in [2.75, 3.05) is 12.4 Å². The van der Waals surface area contributed by atoms with Crippen molar-refractivity contribution in [1.29, 1.82) is 0 Å². The van der Waals surface area contributed by atoms with Crippen molar-refractivity contribution in [2.24, 2.45) is 0 Å². The zero-order valence-electron chi connectivity index (χ0n) is 14.5. The van der Waals surface area contributed by atoms with Crippen LogP contribution in [0.2, 0.25) is 0 Å². The molecule has 26 heavy (non-hydrogen) atoms. The van der Waals surface area contributed by atoms with Gasteiger partial charge in [0.1, 0.15) is 23.6 Å². The normalized spacial score (nSPS) is 10.2. The lowest BCUT2D eigenvalue weighted by Crippen LogP contribution is -2.24. The number of benzene rings is 2. The molecule has 0 saturated heterocycles. The summed E-state index contributed by atoms with van der Waals surface area (Å²) in [5.41, 5.74) is 2.35. The first-order chi connectivity index (χ1) is 12.8. The number of nitrogens with zero attached hydrogens (tertiary/aromatic N) is 2. The first-order valence-electron chi connectivity index (χ1n) is 8.26. The van der Waals surface area contributed by atoms with E-state index in [4.69, 9.17) is 4.74 Å². The van der Waals surface area contributed by atoms with Crippen LogP contribution < -0.4 is 15.4 Å². The largest absolute Gasteiger partial charge is 0.496 e. The molecule has 0 radical (unpaired) electrons. The number of para-hydroxylation sites is 1. The molecule has 0 saturated carbocycles. The topological polar surface area (TPSA) is 76.1 Å². The first-order valence-corrected chi connectivity index (χ1v) is 8.26. The van der Waals surface area contributed by atoms with Gasteiger partial charge in [0.05, 0.1) is 7.11 Å². The highest BCUT2D eigenvalue weighted by atomic mass is 16.5. The highest BCUT2D eigenvalue weighted by Crippen LogP contribution is 2.17. The Labute approximate surface area is 152 Å². The van der Waals surface area contributed by atoms with Crippen LogP contribution in [0.25, 0.3) is 0 Å². The summed E-state index contributed by atoms with van der Waals surface area (Å²) in [5.74, 6) is 1.08. The van der Waals surface area contributed by atoms with E-state index in [9.17, 15) is 4.79 Å². The third-order valence-electron chi connectivity index (χ3n) is 3.85. The second kappa shape index (κ2) is 8.62. The van der Waals surface area contributed by atoms with E-state index in [-0.39, 0.29) is 5.91 Å². The fourth-order valence-electron chi connectivity index (χ4n) is 2.48. The van der Waals surface area contributed by atoms with Gasteiger partial charge in [-0.2, -0.15) is 0 Å². The fraction of sp³-hybridized carbons (Fsp3) is 0.150. The Morgan fingerprint density at radius 3 is 2.58 bits per heavy atom. The van der Waals surface area contributed by atoms with Crippen molar-refractivity contribution < 1.29 is 9.53 Å². The molecular weight excluding hydrogens is 328 g/mol. The Balaban J connectivity index is 1.61. The van der Waals surface area contributed by atoms with Crippen molar-refractivity contribution in [2.45, 2.75) is 13.1 Å². The van der Waals surface area contributed by atoms with Gasteiger partial charge in [0.25, 0.3) is 5.91 Å². The van der Waals surface area contributed by atoms with Crippen molar-refractivity contribution in [1.82, 2.24) is 15.3 Å². The Morgan fingerprint density at radius 2 is 1.77 bits per heavy atom. The van der Waals surface area contributed by atoms with Gasteiger partial charge in [-0.3, -0.25) is 4.79 Å². The number of hydrogen-bond donors (Lipinski definition) is 2. The van der Waals surface area contributed by atoms with Gasteiger partial charge in [0, 0.05) is 24.7 Å². The molecule has 2 aromatic carbocycles. The van der Waals surface area contributed by atoms with E-state index in [0.717, 1.165) is 16.9 Å². The van der Waals surface area contributed by atoms with Crippen molar-refractivity contribution in [3.05, 3.63) is 83.8 Å². The predicted molar refractivity (Wildman–Crippen MR) is 100.0 cm³/mol. The molecule has 0 unspecified atom stereocenters. The second-order valence-corrected chi connectivity index (χ2v) is 5.62. The fourth-order valence-corrected chi connectivity index (χ4v) is 2.48. The third kappa shape index (κ3) is 4.57. The minimum Gasteiger partial charge on any atom is -0.496 e. The second-order valence-electron chi connectivity index (χ2n) is 5.62. The van der Waals surface area contributed by atoms with Gasteiger partial charge in [-0.1, -0.05) is 48.5 Å². The molecule has 6 heteroatoms. The van der Waals surface area contributed by atoms with Crippen molar-refractivity contribution in [3.63, 3.8) is 0 Å². The number of anilines is 1. The molecule has 6 nitrogen and oxygen atoms in total. The first kappa shape index (κ1) is 17.4. The molecule has 0 fully saturated rings. The number of aromatic nitrogens is 2.